The minimum absolute atomic E-state index is 0.0876. The molecule has 1 aliphatic rings. The molecule has 0 spiro atoms. The van der Waals surface area contributed by atoms with Crippen molar-refractivity contribution in [1.82, 2.24) is 14.8 Å². The van der Waals surface area contributed by atoms with Gasteiger partial charge >= 0.3 is 0 Å². The number of aryl methyl sites for hydroxylation is 2. The maximum Gasteiger partial charge on any atom is 0.237 e. The molecule has 168 valence electrons. The van der Waals surface area contributed by atoms with Gasteiger partial charge in [0.1, 0.15) is 5.76 Å². The summed E-state index contributed by atoms with van der Waals surface area (Å²) in [5.41, 5.74) is 4.40. The first-order valence-corrected chi connectivity index (χ1v) is 12.1. The van der Waals surface area contributed by atoms with E-state index in [0.29, 0.717) is 17.5 Å². The fraction of sp³-hybridized carbons (Fsp3) is 0.269. The number of thioether (sulfide) groups is 1. The van der Waals surface area contributed by atoms with E-state index in [0.717, 1.165) is 41.2 Å². The van der Waals surface area contributed by atoms with Gasteiger partial charge < -0.3 is 9.32 Å². The molecule has 0 saturated carbocycles. The number of furan rings is 1. The predicted molar refractivity (Wildman–Crippen MR) is 130 cm³/mol. The van der Waals surface area contributed by atoms with Crippen molar-refractivity contribution in [1.29, 1.82) is 0 Å². The molecule has 4 aromatic rings. The highest BCUT2D eigenvalue weighted by Gasteiger charge is 2.28. The number of fused-ring (bicyclic) bond motifs is 1. The Balaban J connectivity index is 1.42. The van der Waals surface area contributed by atoms with Crippen LogP contribution >= 0.6 is 11.8 Å². The van der Waals surface area contributed by atoms with Crippen molar-refractivity contribution < 1.29 is 9.21 Å². The second-order valence-corrected chi connectivity index (χ2v) is 9.30. The lowest BCUT2D eigenvalue weighted by Gasteiger charge is -2.35. The zero-order chi connectivity index (χ0) is 22.8. The number of hydrogen-bond donors (Lipinski definition) is 0. The number of carbonyl (C=O) groups excluding carboxylic acids is 1. The molecule has 3 heterocycles. The van der Waals surface area contributed by atoms with Gasteiger partial charge in [-0.1, -0.05) is 54.2 Å². The van der Waals surface area contributed by atoms with Crippen molar-refractivity contribution in [3.05, 3.63) is 83.8 Å². The van der Waals surface area contributed by atoms with Gasteiger partial charge in [-0.3, -0.25) is 9.36 Å². The highest BCUT2D eigenvalue weighted by Crippen LogP contribution is 2.32. The Morgan fingerprint density at radius 2 is 1.91 bits per heavy atom. The van der Waals surface area contributed by atoms with Gasteiger partial charge in [0.2, 0.25) is 5.91 Å². The average Bonchev–Trinajstić information content (AvgIpc) is 3.48. The molecule has 1 unspecified atom stereocenters. The number of aromatic nitrogens is 3. The maximum absolute atomic E-state index is 13.3. The first-order valence-electron chi connectivity index (χ1n) is 11.2. The van der Waals surface area contributed by atoms with Gasteiger partial charge in [0.05, 0.1) is 18.6 Å². The normalized spacial score (nSPS) is 15.5. The van der Waals surface area contributed by atoms with E-state index < -0.39 is 0 Å². The molecule has 1 atom stereocenters. The van der Waals surface area contributed by atoms with E-state index in [1.165, 1.54) is 17.3 Å². The van der Waals surface area contributed by atoms with Crippen molar-refractivity contribution in [3.63, 3.8) is 0 Å². The largest absolute Gasteiger partial charge is 0.467 e. The summed E-state index contributed by atoms with van der Waals surface area (Å²) >= 11 is 1.43. The molecule has 6 nitrogen and oxygen atoms in total. The van der Waals surface area contributed by atoms with Gasteiger partial charge in [-0.15, -0.1) is 10.2 Å². The predicted octanol–water partition coefficient (Wildman–Crippen LogP) is 5.35. The van der Waals surface area contributed by atoms with E-state index in [9.17, 15) is 4.79 Å². The first kappa shape index (κ1) is 21.5. The third kappa shape index (κ3) is 4.33. The van der Waals surface area contributed by atoms with Gasteiger partial charge in [-0.05, 0) is 56.0 Å². The molecule has 0 fully saturated rings. The van der Waals surface area contributed by atoms with Crippen LogP contribution in [0.15, 0.2) is 76.5 Å². The molecule has 0 bridgehead atoms. The lowest BCUT2D eigenvalue weighted by Crippen LogP contribution is -2.43. The number of benzene rings is 2. The number of anilines is 1. The van der Waals surface area contributed by atoms with Crippen LogP contribution in [0, 0.1) is 6.92 Å². The van der Waals surface area contributed by atoms with E-state index in [2.05, 4.69) is 36.2 Å². The van der Waals surface area contributed by atoms with E-state index >= 15 is 0 Å². The van der Waals surface area contributed by atoms with E-state index in [-0.39, 0.29) is 11.9 Å². The Labute approximate surface area is 197 Å². The Morgan fingerprint density at radius 3 is 2.73 bits per heavy atom. The van der Waals surface area contributed by atoms with Crippen LogP contribution in [0.4, 0.5) is 5.69 Å². The highest BCUT2D eigenvalue weighted by molar-refractivity contribution is 7.99. The molecule has 1 amide bonds. The molecular formula is C26H26N4O2S. The number of para-hydroxylation sites is 1. The molecular weight excluding hydrogens is 432 g/mol. The van der Waals surface area contributed by atoms with E-state index in [1.807, 2.05) is 58.0 Å². The molecule has 0 radical (unpaired) electrons. The monoisotopic (exact) mass is 458 g/mol. The van der Waals surface area contributed by atoms with Gasteiger partial charge in [0, 0.05) is 17.3 Å². The third-order valence-electron chi connectivity index (χ3n) is 6.11. The summed E-state index contributed by atoms with van der Waals surface area (Å²) in [5.74, 6) is 1.97. The second-order valence-electron chi connectivity index (χ2n) is 8.36. The molecule has 1 aliphatic heterocycles. The summed E-state index contributed by atoms with van der Waals surface area (Å²) in [5, 5.41) is 9.66. The van der Waals surface area contributed by atoms with Crippen LogP contribution in [-0.4, -0.2) is 32.5 Å². The van der Waals surface area contributed by atoms with Crippen molar-refractivity contribution in [2.75, 3.05) is 10.7 Å². The summed E-state index contributed by atoms with van der Waals surface area (Å²) in [6, 6.07) is 20.3. The van der Waals surface area contributed by atoms with Gasteiger partial charge in [-0.2, -0.15) is 0 Å². The number of hydrogen-bond acceptors (Lipinski definition) is 5. The number of rotatable bonds is 6. The summed E-state index contributed by atoms with van der Waals surface area (Å²) < 4.78 is 7.63. The quantitative estimate of drug-likeness (QED) is 0.364. The Hall–Kier alpha value is -3.32. The van der Waals surface area contributed by atoms with E-state index in [1.54, 1.807) is 6.26 Å². The lowest BCUT2D eigenvalue weighted by molar-refractivity contribution is -0.116. The van der Waals surface area contributed by atoms with Crippen LogP contribution in [0.1, 0.15) is 30.2 Å². The summed E-state index contributed by atoms with van der Waals surface area (Å²) in [6.07, 6.45) is 3.64. The van der Waals surface area contributed by atoms with Gasteiger partial charge in [0.25, 0.3) is 0 Å². The average molecular weight is 459 g/mol. The Kier molecular flexibility index (Phi) is 6.05. The van der Waals surface area contributed by atoms with Crippen LogP contribution in [0.3, 0.4) is 0 Å². The fourth-order valence-corrected chi connectivity index (χ4v) is 5.18. The van der Waals surface area contributed by atoms with Crippen molar-refractivity contribution in [3.8, 4) is 11.4 Å². The molecule has 0 aliphatic carbocycles. The molecule has 0 saturated heterocycles. The lowest BCUT2D eigenvalue weighted by atomic mass is 9.97. The SMILES string of the molecule is Cc1ccccc1-c1nnc(SCC(=O)N2c3ccccc3CCC2C)n1Cc1ccco1. The number of nitrogens with zero attached hydrogens (tertiary/aromatic N) is 4. The minimum atomic E-state index is 0.0876. The smallest absolute Gasteiger partial charge is 0.237 e. The van der Waals surface area contributed by atoms with Crippen LogP contribution in [0.5, 0.6) is 0 Å². The summed E-state index contributed by atoms with van der Waals surface area (Å²) in [6.45, 7) is 4.68. The Morgan fingerprint density at radius 1 is 1.09 bits per heavy atom. The molecule has 0 N–H and O–H groups in total. The second kappa shape index (κ2) is 9.27. The zero-order valence-corrected chi connectivity index (χ0v) is 19.6. The standard InChI is InChI=1S/C26H26N4O2S/c1-18-8-3-5-11-22(18)25-27-28-26(29(25)16-21-10-7-15-32-21)33-17-24(31)30-19(2)13-14-20-9-4-6-12-23(20)30/h3-12,15,19H,13-14,16-17H2,1-2H3. The van der Waals surface area contributed by atoms with Crippen LogP contribution in [0.25, 0.3) is 11.4 Å². The zero-order valence-electron chi connectivity index (χ0n) is 18.8. The molecule has 2 aromatic carbocycles. The fourth-order valence-electron chi connectivity index (χ4n) is 4.38. The van der Waals surface area contributed by atoms with Crippen LogP contribution in [-0.2, 0) is 17.8 Å². The van der Waals surface area contributed by atoms with E-state index in [4.69, 9.17) is 4.42 Å². The molecule has 7 heteroatoms. The topological polar surface area (TPSA) is 64.2 Å². The Bertz CT molecular complexity index is 1270. The van der Waals surface area contributed by atoms with Crippen LogP contribution < -0.4 is 4.90 Å². The minimum Gasteiger partial charge on any atom is -0.467 e. The summed E-state index contributed by atoms with van der Waals surface area (Å²) in [4.78, 5) is 15.3. The first-order chi connectivity index (χ1) is 16.1. The molecule has 33 heavy (non-hydrogen) atoms. The molecule has 2 aromatic heterocycles. The maximum atomic E-state index is 13.3. The highest BCUT2D eigenvalue weighted by atomic mass is 32.2. The van der Waals surface area contributed by atoms with Crippen molar-refractivity contribution in [2.24, 2.45) is 0 Å². The summed E-state index contributed by atoms with van der Waals surface area (Å²) in [7, 11) is 0. The molecule has 5 rings (SSSR count). The number of amides is 1. The van der Waals surface area contributed by atoms with Crippen molar-refractivity contribution >= 4 is 23.4 Å². The van der Waals surface area contributed by atoms with Crippen molar-refractivity contribution in [2.45, 2.75) is 44.4 Å². The number of carbonyl (C=O) groups is 1. The van der Waals surface area contributed by atoms with Gasteiger partial charge in [-0.25, -0.2) is 0 Å². The van der Waals surface area contributed by atoms with Gasteiger partial charge in [0.15, 0.2) is 11.0 Å². The third-order valence-corrected chi connectivity index (χ3v) is 7.07. The van der Waals surface area contributed by atoms with Crippen LogP contribution in [0.2, 0.25) is 0 Å².